The molecule has 0 saturated heterocycles. The van der Waals surface area contributed by atoms with E-state index in [0.717, 1.165) is 16.9 Å². The number of ether oxygens (including phenoxy) is 3. The van der Waals surface area contributed by atoms with Crippen molar-refractivity contribution < 1.29 is 14.2 Å². The molecule has 0 heterocycles. The zero-order chi connectivity index (χ0) is 17.5. The second kappa shape index (κ2) is 8.81. The van der Waals surface area contributed by atoms with Gasteiger partial charge in [-0.25, -0.2) is 0 Å². The van der Waals surface area contributed by atoms with Gasteiger partial charge in [0.15, 0.2) is 11.5 Å². The summed E-state index contributed by atoms with van der Waals surface area (Å²) in [6.45, 7) is 5.24. The summed E-state index contributed by atoms with van der Waals surface area (Å²) in [7, 11) is 3.30. The molecule has 4 nitrogen and oxygen atoms in total. The van der Waals surface area contributed by atoms with Crippen molar-refractivity contribution in [3.8, 4) is 17.2 Å². The Morgan fingerprint density at radius 2 is 1.58 bits per heavy atom. The molecule has 5 heteroatoms. The number of benzene rings is 2. The summed E-state index contributed by atoms with van der Waals surface area (Å²) in [5.41, 5.74) is 2.06. The van der Waals surface area contributed by atoms with Gasteiger partial charge in [-0.05, 0) is 31.5 Å². The second-order valence-corrected chi connectivity index (χ2v) is 6.08. The fourth-order valence-corrected chi connectivity index (χ4v) is 2.62. The van der Waals surface area contributed by atoms with Gasteiger partial charge in [-0.1, -0.05) is 29.8 Å². The molecule has 0 aliphatic carbocycles. The molecule has 130 valence electrons. The van der Waals surface area contributed by atoms with E-state index in [2.05, 4.69) is 5.32 Å². The molecule has 0 atom stereocenters. The van der Waals surface area contributed by atoms with Crippen LogP contribution in [0, 0.1) is 0 Å². The van der Waals surface area contributed by atoms with Crippen LogP contribution >= 0.6 is 11.6 Å². The van der Waals surface area contributed by atoms with Crippen LogP contribution in [0.15, 0.2) is 36.4 Å². The van der Waals surface area contributed by atoms with Crippen molar-refractivity contribution in [2.24, 2.45) is 0 Å². The van der Waals surface area contributed by atoms with E-state index in [-0.39, 0.29) is 6.10 Å². The number of halogens is 1. The lowest BCUT2D eigenvalue weighted by Crippen LogP contribution is -2.14. The van der Waals surface area contributed by atoms with Crippen molar-refractivity contribution in [3.63, 3.8) is 0 Å². The lowest BCUT2D eigenvalue weighted by Gasteiger charge is -2.16. The summed E-state index contributed by atoms with van der Waals surface area (Å²) in [5, 5.41) is 4.04. The first kappa shape index (κ1) is 18.4. The van der Waals surface area contributed by atoms with Gasteiger partial charge in [0.2, 0.25) is 0 Å². The Kier molecular flexibility index (Phi) is 6.76. The Labute approximate surface area is 148 Å². The lowest BCUT2D eigenvalue weighted by atomic mass is 10.1. The fraction of sp³-hybridized carbons (Fsp3) is 0.368. The van der Waals surface area contributed by atoms with E-state index in [0.29, 0.717) is 29.6 Å². The molecule has 24 heavy (non-hydrogen) atoms. The Balaban J connectivity index is 2.07. The molecule has 2 rings (SSSR count). The van der Waals surface area contributed by atoms with E-state index >= 15 is 0 Å². The molecule has 0 unspecified atom stereocenters. The minimum Gasteiger partial charge on any atom is -0.496 e. The van der Waals surface area contributed by atoms with Crippen LogP contribution in [0.25, 0.3) is 0 Å². The highest BCUT2D eigenvalue weighted by Gasteiger charge is 2.12. The Morgan fingerprint density at radius 1 is 0.917 bits per heavy atom. The van der Waals surface area contributed by atoms with Crippen LogP contribution in [0.3, 0.4) is 0 Å². The van der Waals surface area contributed by atoms with E-state index in [1.54, 1.807) is 20.3 Å². The molecule has 0 aliphatic rings. The number of methoxy groups -OCH3 is 2. The maximum atomic E-state index is 6.38. The number of nitrogens with one attached hydrogen (secondary N) is 1. The van der Waals surface area contributed by atoms with Crippen LogP contribution in [0.5, 0.6) is 17.2 Å². The number of para-hydroxylation sites is 1. The Morgan fingerprint density at radius 3 is 2.25 bits per heavy atom. The van der Waals surface area contributed by atoms with Crippen molar-refractivity contribution >= 4 is 11.6 Å². The first-order valence-corrected chi connectivity index (χ1v) is 8.28. The highest BCUT2D eigenvalue weighted by Crippen LogP contribution is 2.34. The van der Waals surface area contributed by atoms with Crippen LogP contribution in [0.2, 0.25) is 5.02 Å². The molecule has 0 saturated carbocycles. The van der Waals surface area contributed by atoms with E-state index in [9.17, 15) is 0 Å². The third-order valence-electron chi connectivity index (χ3n) is 3.52. The molecule has 0 amide bonds. The van der Waals surface area contributed by atoms with Crippen molar-refractivity contribution in [1.82, 2.24) is 5.32 Å². The molecule has 2 aromatic rings. The predicted octanol–water partition coefficient (Wildman–Crippen LogP) is 4.43. The summed E-state index contributed by atoms with van der Waals surface area (Å²) in [6.07, 6.45) is 0.0597. The summed E-state index contributed by atoms with van der Waals surface area (Å²) in [5.74, 6) is 2.21. The van der Waals surface area contributed by atoms with Gasteiger partial charge in [0, 0.05) is 29.7 Å². The SMILES string of the molecule is COc1ccccc1CNCc1cc(OC)c(OC(C)C)cc1Cl. The van der Waals surface area contributed by atoms with Crippen LogP contribution in [0.4, 0.5) is 0 Å². The van der Waals surface area contributed by atoms with E-state index < -0.39 is 0 Å². The molecule has 0 fully saturated rings. The van der Waals surface area contributed by atoms with Gasteiger partial charge < -0.3 is 19.5 Å². The minimum absolute atomic E-state index is 0.0597. The quantitative estimate of drug-likeness (QED) is 0.765. The molecular weight excluding hydrogens is 326 g/mol. The van der Waals surface area contributed by atoms with Gasteiger partial charge in [-0.15, -0.1) is 0 Å². The summed E-state index contributed by atoms with van der Waals surface area (Å²) < 4.78 is 16.5. The monoisotopic (exact) mass is 349 g/mol. The maximum absolute atomic E-state index is 6.38. The van der Waals surface area contributed by atoms with E-state index in [1.807, 2.05) is 44.2 Å². The molecule has 2 aromatic carbocycles. The van der Waals surface area contributed by atoms with Crippen molar-refractivity contribution in [1.29, 1.82) is 0 Å². The van der Waals surface area contributed by atoms with E-state index in [1.165, 1.54) is 0 Å². The standard InChI is InChI=1S/C19H24ClNO3/c1-13(2)24-19-10-16(20)15(9-18(19)23-4)12-21-11-14-7-5-6-8-17(14)22-3/h5-10,13,21H,11-12H2,1-4H3. The van der Waals surface area contributed by atoms with Gasteiger partial charge in [0.05, 0.1) is 20.3 Å². The lowest BCUT2D eigenvalue weighted by molar-refractivity contribution is 0.230. The average molecular weight is 350 g/mol. The summed E-state index contributed by atoms with van der Waals surface area (Å²) in [6, 6.07) is 11.7. The van der Waals surface area contributed by atoms with Crippen molar-refractivity contribution in [2.45, 2.75) is 33.0 Å². The molecular formula is C19H24ClNO3. The zero-order valence-electron chi connectivity index (χ0n) is 14.6. The van der Waals surface area contributed by atoms with Crippen LogP contribution in [0.1, 0.15) is 25.0 Å². The fourth-order valence-electron chi connectivity index (χ4n) is 2.40. The van der Waals surface area contributed by atoms with Gasteiger partial charge in [0.1, 0.15) is 5.75 Å². The smallest absolute Gasteiger partial charge is 0.163 e. The molecule has 0 bridgehead atoms. The van der Waals surface area contributed by atoms with Gasteiger partial charge in [0.25, 0.3) is 0 Å². The van der Waals surface area contributed by atoms with Crippen molar-refractivity contribution in [2.75, 3.05) is 14.2 Å². The predicted molar refractivity (Wildman–Crippen MR) is 97.3 cm³/mol. The van der Waals surface area contributed by atoms with Gasteiger partial charge in [-0.2, -0.15) is 0 Å². The van der Waals surface area contributed by atoms with Gasteiger partial charge in [-0.3, -0.25) is 0 Å². The van der Waals surface area contributed by atoms with Crippen LogP contribution in [-0.2, 0) is 13.1 Å². The second-order valence-electron chi connectivity index (χ2n) is 5.68. The average Bonchev–Trinajstić information content (AvgIpc) is 2.56. The van der Waals surface area contributed by atoms with Gasteiger partial charge >= 0.3 is 0 Å². The number of rotatable bonds is 8. The topological polar surface area (TPSA) is 39.7 Å². The summed E-state index contributed by atoms with van der Waals surface area (Å²) >= 11 is 6.38. The normalized spacial score (nSPS) is 10.8. The molecule has 0 spiro atoms. The maximum Gasteiger partial charge on any atom is 0.163 e. The highest BCUT2D eigenvalue weighted by molar-refractivity contribution is 6.31. The number of hydrogen-bond acceptors (Lipinski definition) is 4. The minimum atomic E-state index is 0.0597. The third kappa shape index (κ3) is 4.79. The largest absolute Gasteiger partial charge is 0.496 e. The Hall–Kier alpha value is -1.91. The molecule has 0 radical (unpaired) electrons. The van der Waals surface area contributed by atoms with Crippen LogP contribution in [-0.4, -0.2) is 20.3 Å². The third-order valence-corrected chi connectivity index (χ3v) is 3.87. The summed E-state index contributed by atoms with van der Waals surface area (Å²) in [4.78, 5) is 0. The van der Waals surface area contributed by atoms with Crippen LogP contribution < -0.4 is 19.5 Å². The molecule has 1 N–H and O–H groups in total. The molecule has 0 aromatic heterocycles. The first-order valence-electron chi connectivity index (χ1n) is 7.90. The number of hydrogen-bond donors (Lipinski definition) is 1. The first-order chi connectivity index (χ1) is 11.5. The zero-order valence-corrected chi connectivity index (χ0v) is 15.3. The molecule has 0 aliphatic heterocycles. The highest BCUT2D eigenvalue weighted by atomic mass is 35.5. The van der Waals surface area contributed by atoms with E-state index in [4.69, 9.17) is 25.8 Å². The Bertz CT molecular complexity index is 674. The van der Waals surface area contributed by atoms with Crippen molar-refractivity contribution in [3.05, 3.63) is 52.5 Å².